The lowest BCUT2D eigenvalue weighted by atomic mass is 10.1. The lowest BCUT2D eigenvalue weighted by Gasteiger charge is -2.07. The number of nitrogens with one attached hydrogen (secondary N) is 2. The topological polar surface area (TPSA) is 89.0 Å². The van der Waals surface area contributed by atoms with E-state index in [1.807, 2.05) is 19.9 Å². The number of hydrazone groups is 1. The zero-order chi connectivity index (χ0) is 19.1. The number of benzene rings is 2. The van der Waals surface area contributed by atoms with Crippen LogP contribution in [0.5, 0.6) is 11.5 Å². The first-order valence-corrected chi connectivity index (χ1v) is 7.88. The van der Waals surface area contributed by atoms with Crippen molar-refractivity contribution in [3.8, 4) is 11.5 Å². The Kier molecular flexibility index (Phi) is 6.32. The van der Waals surface area contributed by atoms with E-state index in [-0.39, 0.29) is 0 Å². The monoisotopic (exact) mass is 355 g/mol. The molecule has 0 spiro atoms. The molecule has 2 rings (SSSR count). The summed E-state index contributed by atoms with van der Waals surface area (Å²) in [5.41, 5.74) is 5.49. The number of aryl methyl sites for hydroxylation is 2. The van der Waals surface area contributed by atoms with E-state index < -0.39 is 11.8 Å². The number of carbonyl (C=O) groups excluding carboxylic acids is 2. The van der Waals surface area contributed by atoms with Gasteiger partial charge in [-0.15, -0.1) is 0 Å². The van der Waals surface area contributed by atoms with Gasteiger partial charge in [0.25, 0.3) is 0 Å². The number of ether oxygens (including phenoxy) is 2. The number of nitrogens with zero attached hydrogens (tertiary/aromatic N) is 1. The molecular formula is C19H21N3O4. The number of hydrogen-bond acceptors (Lipinski definition) is 5. The highest BCUT2D eigenvalue weighted by atomic mass is 16.5. The Morgan fingerprint density at radius 1 is 0.962 bits per heavy atom. The molecule has 26 heavy (non-hydrogen) atoms. The van der Waals surface area contributed by atoms with Crippen molar-refractivity contribution < 1.29 is 19.1 Å². The molecule has 0 fully saturated rings. The van der Waals surface area contributed by atoms with E-state index in [9.17, 15) is 9.59 Å². The molecular weight excluding hydrogens is 334 g/mol. The molecule has 2 aromatic rings. The van der Waals surface area contributed by atoms with Gasteiger partial charge < -0.3 is 14.8 Å². The number of hydrogen-bond donors (Lipinski definition) is 2. The van der Waals surface area contributed by atoms with Crippen LogP contribution in [0, 0.1) is 13.8 Å². The average molecular weight is 355 g/mol. The van der Waals surface area contributed by atoms with E-state index in [4.69, 9.17) is 9.47 Å². The van der Waals surface area contributed by atoms with Crippen LogP contribution in [0.1, 0.15) is 16.7 Å². The van der Waals surface area contributed by atoms with Gasteiger partial charge >= 0.3 is 11.8 Å². The molecule has 2 amide bonds. The molecule has 0 saturated heterocycles. The molecule has 0 aromatic heterocycles. The van der Waals surface area contributed by atoms with Crippen molar-refractivity contribution in [2.24, 2.45) is 5.10 Å². The Balaban J connectivity index is 1.98. The van der Waals surface area contributed by atoms with Crippen LogP contribution in [0.25, 0.3) is 0 Å². The van der Waals surface area contributed by atoms with Crippen molar-refractivity contribution in [3.05, 3.63) is 53.1 Å². The van der Waals surface area contributed by atoms with Crippen molar-refractivity contribution in [1.82, 2.24) is 5.43 Å². The van der Waals surface area contributed by atoms with Gasteiger partial charge in [0.2, 0.25) is 0 Å². The van der Waals surface area contributed by atoms with Crippen LogP contribution in [0.3, 0.4) is 0 Å². The van der Waals surface area contributed by atoms with E-state index >= 15 is 0 Å². The quantitative estimate of drug-likeness (QED) is 0.490. The minimum absolute atomic E-state index is 0.530. The van der Waals surface area contributed by atoms with E-state index in [1.165, 1.54) is 13.3 Å². The van der Waals surface area contributed by atoms with Crippen LogP contribution in [-0.2, 0) is 9.59 Å². The van der Waals surface area contributed by atoms with E-state index in [1.54, 1.807) is 37.4 Å². The zero-order valence-corrected chi connectivity index (χ0v) is 15.1. The third kappa shape index (κ3) is 4.83. The second kappa shape index (κ2) is 8.66. The Bertz CT molecular complexity index is 847. The molecule has 0 heterocycles. The highest BCUT2D eigenvalue weighted by Crippen LogP contribution is 2.23. The number of rotatable bonds is 5. The maximum atomic E-state index is 11.9. The maximum absolute atomic E-state index is 11.9. The summed E-state index contributed by atoms with van der Waals surface area (Å²) in [5, 5.41) is 6.32. The van der Waals surface area contributed by atoms with Crippen molar-refractivity contribution in [3.63, 3.8) is 0 Å². The molecule has 0 aliphatic rings. The molecule has 136 valence electrons. The van der Waals surface area contributed by atoms with Gasteiger partial charge in [0.05, 0.1) is 20.4 Å². The second-order valence-corrected chi connectivity index (χ2v) is 5.56. The first-order chi connectivity index (χ1) is 12.4. The van der Waals surface area contributed by atoms with Gasteiger partial charge in [-0.1, -0.05) is 6.07 Å². The van der Waals surface area contributed by atoms with Gasteiger partial charge in [0, 0.05) is 17.3 Å². The van der Waals surface area contributed by atoms with E-state index in [2.05, 4.69) is 15.8 Å². The summed E-state index contributed by atoms with van der Waals surface area (Å²) >= 11 is 0. The van der Waals surface area contributed by atoms with Gasteiger partial charge in [0.15, 0.2) is 0 Å². The van der Waals surface area contributed by atoms with Crippen molar-refractivity contribution in [2.45, 2.75) is 13.8 Å². The highest BCUT2D eigenvalue weighted by molar-refractivity contribution is 6.39. The van der Waals surface area contributed by atoms with Gasteiger partial charge in [0.1, 0.15) is 11.5 Å². The predicted octanol–water partition coefficient (Wildman–Crippen LogP) is 2.41. The van der Waals surface area contributed by atoms with Crippen LogP contribution in [0.2, 0.25) is 0 Å². The number of methoxy groups -OCH3 is 2. The summed E-state index contributed by atoms with van der Waals surface area (Å²) in [6, 6.07) is 10.6. The summed E-state index contributed by atoms with van der Waals surface area (Å²) in [4.78, 5) is 23.8. The van der Waals surface area contributed by atoms with Crippen molar-refractivity contribution >= 4 is 23.7 Å². The second-order valence-electron chi connectivity index (χ2n) is 5.56. The van der Waals surface area contributed by atoms with Crippen LogP contribution >= 0.6 is 0 Å². The minimum Gasteiger partial charge on any atom is -0.497 e. The van der Waals surface area contributed by atoms with Crippen LogP contribution in [0.4, 0.5) is 5.69 Å². The largest absolute Gasteiger partial charge is 0.497 e. The maximum Gasteiger partial charge on any atom is 0.329 e. The predicted molar refractivity (Wildman–Crippen MR) is 99.8 cm³/mol. The Labute approximate surface area is 152 Å². The van der Waals surface area contributed by atoms with Crippen molar-refractivity contribution in [1.29, 1.82) is 0 Å². The van der Waals surface area contributed by atoms with E-state index in [0.717, 1.165) is 11.1 Å². The molecule has 0 bridgehead atoms. The Morgan fingerprint density at radius 2 is 1.73 bits per heavy atom. The third-order valence-electron chi connectivity index (χ3n) is 3.78. The van der Waals surface area contributed by atoms with Gasteiger partial charge in [-0.05, 0) is 49.2 Å². The molecule has 7 heteroatoms. The van der Waals surface area contributed by atoms with E-state index in [0.29, 0.717) is 22.7 Å². The summed E-state index contributed by atoms with van der Waals surface area (Å²) in [7, 11) is 3.07. The van der Waals surface area contributed by atoms with Crippen LogP contribution < -0.4 is 20.2 Å². The summed E-state index contributed by atoms with van der Waals surface area (Å²) in [5.74, 6) is -0.503. The molecule has 2 N–H and O–H groups in total. The molecule has 7 nitrogen and oxygen atoms in total. The molecule has 0 radical (unpaired) electrons. The van der Waals surface area contributed by atoms with Crippen LogP contribution in [-0.4, -0.2) is 32.2 Å². The normalized spacial score (nSPS) is 10.5. The third-order valence-corrected chi connectivity index (χ3v) is 3.78. The smallest absolute Gasteiger partial charge is 0.329 e. The lowest BCUT2D eigenvalue weighted by molar-refractivity contribution is -0.136. The number of anilines is 1. The van der Waals surface area contributed by atoms with Crippen LogP contribution in [0.15, 0.2) is 41.5 Å². The molecule has 0 atom stereocenters. The van der Waals surface area contributed by atoms with Gasteiger partial charge in [-0.3, -0.25) is 9.59 Å². The van der Waals surface area contributed by atoms with Gasteiger partial charge in [-0.2, -0.15) is 5.10 Å². The molecule has 0 aliphatic heterocycles. The fraction of sp³-hybridized carbons (Fsp3) is 0.211. The summed E-state index contributed by atoms with van der Waals surface area (Å²) in [6.45, 7) is 3.90. The molecule has 0 saturated carbocycles. The highest BCUT2D eigenvalue weighted by Gasteiger charge is 2.13. The lowest BCUT2D eigenvalue weighted by Crippen LogP contribution is -2.32. The molecule has 2 aromatic carbocycles. The van der Waals surface area contributed by atoms with Crippen molar-refractivity contribution in [2.75, 3.05) is 19.5 Å². The standard InChI is InChI=1S/C19H21N3O4/c1-12-5-7-15(9-13(12)2)21-18(23)19(24)22-20-11-14-6-8-16(25-3)10-17(14)26-4/h5-11H,1-4H3,(H,21,23)(H,22,24)/b20-11+. The number of amides is 2. The summed E-state index contributed by atoms with van der Waals surface area (Å²) in [6.07, 6.45) is 1.39. The number of carbonyl (C=O) groups is 2. The first-order valence-electron chi connectivity index (χ1n) is 7.88. The molecule has 0 aliphatic carbocycles. The fourth-order valence-electron chi connectivity index (χ4n) is 2.14. The Hall–Kier alpha value is -3.35. The van der Waals surface area contributed by atoms with Gasteiger partial charge in [-0.25, -0.2) is 5.43 Å². The SMILES string of the molecule is COc1ccc(/C=N/NC(=O)C(=O)Nc2ccc(C)c(C)c2)c(OC)c1. The Morgan fingerprint density at radius 3 is 2.38 bits per heavy atom. The molecule has 0 unspecified atom stereocenters. The minimum atomic E-state index is -0.869. The average Bonchev–Trinajstić information content (AvgIpc) is 2.64. The first kappa shape index (κ1) is 19.0. The zero-order valence-electron chi connectivity index (χ0n) is 15.1. The fourth-order valence-corrected chi connectivity index (χ4v) is 2.14. The summed E-state index contributed by atoms with van der Waals surface area (Å²) < 4.78 is 10.3.